The molecule has 0 bridgehead atoms. The topological polar surface area (TPSA) is 97.1 Å². The standard InChI is InChI=1S/C13H13ClN4O3/c14-10-3-1-9(2-4-10)5-12(19)15-6-11-7-18(17-16-11)8-13(20)21/h1-4,7H,5-6,8H2,(H,15,19)(H,20,21). The predicted molar refractivity (Wildman–Crippen MR) is 74.7 cm³/mol. The lowest BCUT2D eigenvalue weighted by Gasteiger charge is -2.03. The summed E-state index contributed by atoms with van der Waals surface area (Å²) in [6.07, 6.45) is 1.72. The number of carbonyl (C=O) groups is 2. The van der Waals surface area contributed by atoms with Gasteiger partial charge in [0.2, 0.25) is 5.91 Å². The SMILES string of the molecule is O=C(O)Cn1cc(CNC(=O)Cc2ccc(Cl)cc2)nn1. The number of rotatable bonds is 6. The Morgan fingerprint density at radius 2 is 2.00 bits per heavy atom. The summed E-state index contributed by atoms with van der Waals surface area (Å²) in [7, 11) is 0. The van der Waals surface area contributed by atoms with E-state index in [4.69, 9.17) is 16.7 Å². The van der Waals surface area contributed by atoms with Gasteiger partial charge in [0.25, 0.3) is 0 Å². The van der Waals surface area contributed by atoms with Gasteiger partial charge in [0.1, 0.15) is 12.2 Å². The molecule has 0 unspecified atom stereocenters. The van der Waals surface area contributed by atoms with E-state index >= 15 is 0 Å². The van der Waals surface area contributed by atoms with Crippen LogP contribution in [0.25, 0.3) is 0 Å². The van der Waals surface area contributed by atoms with E-state index in [0.29, 0.717) is 10.7 Å². The highest BCUT2D eigenvalue weighted by Gasteiger charge is 2.07. The fraction of sp³-hybridized carbons (Fsp3) is 0.231. The highest BCUT2D eigenvalue weighted by molar-refractivity contribution is 6.30. The first kappa shape index (κ1) is 15.0. The van der Waals surface area contributed by atoms with Crippen LogP contribution in [0.1, 0.15) is 11.3 Å². The maximum atomic E-state index is 11.8. The van der Waals surface area contributed by atoms with E-state index in [0.717, 1.165) is 5.56 Å². The lowest BCUT2D eigenvalue weighted by Crippen LogP contribution is -2.24. The second-order valence-corrected chi connectivity index (χ2v) is 4.82. The summed E-state index contributed by atoms with van der Waals surface area (Å²) in [5, 5.41) is 19.3. The zero-order valence-corrected chi connectivity index (χ0v) is 11.7. The van der Waals surface area contributed by atoms with E-state index in [1.54, 1.807) is 24.3 Å². The van der Waals surface area contributed by atoms with Crippen LogP contribution in [0.3, 0.4) is 0 Å². The van der Waals surface area contributed by atoms with Crippen LogP contribution in [-0.4, -0.2) is 32.0 Å². The molecular formula is C13H13ClN4O3. The summed E-state index contributed by atoms with van der Waals surface area (Å²) in [5.41, 5.74) is 1.35. The Morgan fingerprint density at radius 3 is 2.67 bits per heavy atom. The molecule has 0 spiro atoms. The summed E-state index contributed by atoms with van der Waals surface area (Å²) in [6.45, 7) is -0.0578. The van der Waals surface area contributed by atoms with Gasteiger partial charge >= 0.3 is 5.97 Å². The van der Waals surface area contributed by atoms with E-state index in [9.17, 15) is 9.59 Å². The lowest BCUT2D eigenvalue weighted by atomic mass is 10.1. The fourth-order valence-corrected chi connectivity index (χ4v) is 1.80. The van der Waals surface area contributed by atoms with Crippen molar-refractivity contribution >= 4 is 23.5 Å². The molecule has 21 heavy (non-hydrogen) atoms. The third-order valence-corrected chi connectivity index (χ3v) is 2.88. The van der Waals surface area contributed by atoms with Crippen molar-refractivity contribution in [1.82, 2.24) is 20.3 Å². The summed E-state index contributed by atoms with van der Waals surface area (Å²) in [4.78, 5) is 22.3. The van der Waals surface area contributed by atoms with Gasteiger partial charge in [0.15, 0.2) is 0 Å². The quantitative estimate of drug-likeness (QED) is 0.825. The van der Waals surface area contributed by atoms with Crippen molar-refractivity contribution in [2.45, 2.75) is 19.5 Å². The van der Waals surface area contributed by atoms with Gasteiger partial charge in [0.05, 0.1) is 19.2 Å². The summed E-state index contributed by atoms with van der Waals surface area (Å²) < 4.78 is 1.20. The Balaban J connectivity index is 1.82. The minimum absolute atomic E-state index is 0.162. The van der Waals surface area contributed by atoms with Crippen LogP contribution in [0, 0.1) is 0 Å². The van der Waals surface area contributed by atoms with Crippen LogP contribution in [0.4, 0.5) is 0 Å². The first-order chi connectivity index (χ1) is 10.0. The number of hydrogen-bond acceptors (Lipinski definition) is 4. The van der Waals surface area contributed by atoms with Crippen LogP contribution in [0.2, 0.25) is 5.02 Å². The van der Waals surface area contributed by atoms with Gasteiger partial charge in [-0.1, -0.05) is 28.9 Å². The smallest absolute Gasteiger partial charge is 0.325 e. The molecule has 0 atom stereocenters. The number of amides is 1. The average Bonchev–Trinajstić information content (AvgIpc) is 2.86. The molecule has 2 N–H and O–H groups in total. The molecule has 1 amide bonds. The van der Waals surface area contributed by atoms with Crippen LogP contribution >= 0.6 is 11.6 Å². The molecule has 1 aromatic carbocycles. The van der Waals surface area contributed by atoms with Crippen molar-refractivity contribution in [3.8, 4) is 0 Å². The Hall–Kier alpha value is -2.41. The maximum Gasteiger partial charge on any atom is 0.325 e. The number of halogens is 1. The van der Waals surface area contributed by atoms with E-state index in [1.165, 1.54) is 10.9 Å². The van der Waals surface area contributed by atoms with Crippen molar-refractivity contribution < 1.29 is 14.7 Å². The number of carboxylic acid groups (broad SMARTS) is 1. The van der Waals surface area contributed by atoms with Gasteiger partial charge in [-0.15, -0.1) is 5.10 Å². The molecule has 0 fully saturated rings. The molecular weight excluding hydrogens is 296 g/mol. The van der Waals surface area contributed by atoms with Gasteiger partial charge < -0.3 is 10.4 Å². The highest BCUT2D eigenvalue weighted by Crippen LogP contribution is 2.09. The van der Waals surface area contributed by atoms with Gasteiger partial charge in [-0.2, -0.15) is 0 Å². The lowest BCUT2D eigenvalue weighted by molar-refractivity contribution is -0.138. The van der Waals surface area contributed by atoms with E-state index in [1.807, 2.05) is 0 Å². The second-order valence-electron chi connectivity index (χ2n) is 4.38. The Morgan fingerprint density at radius 1 is 1.29 bits per heavy atom. The molecule has 110 valence electrons. The zero-order valence-electron chi connectivity index (χ0n) is 11.0. The molecule has 1 heterocycles. The Bertz CT molecular complexity index is 639. The van der Waals surface area contributed by atoms with Crippen molar-refractivity contribution in [1.29, 1.82) is 0 Å². The molecule has 0 radical (unpaired) electrons. The molecule has 2 rings (SSSR count). The normalized spacial score (nSPS) is 10.3. The van der Waals surface area contributed by atoms with Gasteiger partial charge in [-0.3, -0.25) is 9.59 Å². The largest absolute Gasteiger partial charge is 0.480 e. The molecule has 0 aliphatic rings. The predicted octanol–water partition coefficient (Wildman–Crippen LogP) is 0.875. The number of nitrogens with zero attached hydrogens (tertiary/aromatic N) is 3. The van der Waals surface area contributed by atoms with Crippen molar-refractivity contribution in [3.63, 3.8) is 0 Å². The molecule has 1 aromatic heterocycles. The van der Waals surface area contributed by atoms with Gasteiger partial charge in [-0.05, 0) is 17.7 Å². The van der Waals surface area contributed by atoms with Gasteiger partial charge in [-0.25, -0.2) is 4.68 Å². The third kappa shape index (κ3) is 4.88. The second kappa shape index (κ2) is 6.85. The van der Waals surface area contributed by atoms with Crippen LogP contribution in [-0.2, 0) is 29.1 Å². The average molecular weight is 309 g/mol. The Labute approximate surface area is 125 Å². The van der Waals surface area contributed by atoms with Crippen LogP contribution in [0.15, 0.2) is 30.5 Å². The van der Waals surface area contributed by atoms with E-state index in [-0.39, 0.29) is 25.4 Å². The van der Waals surface area contributed by atoms with E-state index < -0.39 is 5.97 Å². The van der Waals surface area contributed by atoms with Crippen molar-refractivity contribution in [2.24, 2.45) is 0 Å². The summed E-state index contributed by atoms with van der Waals surface area (Å²) in [5.74, 6) is -1.16. The zero-order chi connectivity index (χ0) is 15.2. The van der Waals surface area contributed by atoms with Crippen LogP contribution in [0.5, 0.6) is 0 Å². The third-order valence-electron chi connectivity index (χ3n) is 2.63. The number of aliphatic carboxylic acids is 1. The monoisotopic (exact) mass is 308 g/mol. The summed E-state index contributed by atoms with van der Waals surface area (Å²) in [6, 6.07) is 7.01. The molecule has 0 aliphatic carbocycles. The number of carboxylic acids is 1. The molecule has 0 aliphatic heterocycles. The number of aromatic nitrogens is 3. The van der Waals surface area contributed by atoms with E-state index in [2.05, 4.69) is 15.6 Å². The molecule has 7 nitrogen and oxygen atoms in total. The molecule has 8 heteroatoms. The van der Waals surface area contributed by atoms with Gasteiger partial charge in [0, 0.05) is 5.02 Å². The maximum absolute atomic E-state index is 11.8. The minimum Gasteiger partial charge on any atom is -0.480 e. The number of hydrogen-bond donors (Lipinski definition) is 2. The number of nitrogens with one attached hydrogen (secondary N) is 1. The number of benzene rings is 1. The molecule has 0 saturated heterocycles. The van der Waals surface area contributed by atoms with Crippen molar-refractivity contribution in [3.05, 3.63) is 46.7 Å². The van der Waals surface area contributed by atoms with Crippen molar-refractivity contribution in [2.75, 3.05) is 0 Å². The Kier molecular flexibility index (Phi) is 4.89. The molecule has 0 saturated carbocycles. The highest BCUT2D eigenvalue weighted by atomic mass is 35.5. The first-order valence-electron chi connectivity index (χ1n) is 6.15. The van der Waals surface area contributed by atoms with Crippen LogP contribution < -0.4 is 5.32 Å². The minimum atomic E-state index is -1.00. The first-order valence-corrected chi connectivity index (χ1v) is 6.52. The summed E-state index contributed by atoms with van der Waals surface area (Å²) >= 11 is 5.77. The number of carbonyl (C=O) groups excluding carboxylic acids is 1. The molecule has 2 aromatic rings. The fourth-order valence-electron chi connectivity index (χ4n) is 1.67.